The molecule has 2 amide bonds. The molecule has 0 bridgehead atoms. The van der Waals surface area contributed by atoms with Crippen molar-refractivity contribution in [3.8, 4) is 0 Å². The van der Waals surface area contributed by atoms with Crippen molar-refractivity contribution in [2.75, 3.05) is 16.8 Å². The lowest BCUT2D eigenvalue weighted by molar-refractivity contribution is -0.117. The summed E-state index contributed by atoms with van der Waals surface area (Å²) < 4.78 is 26.7. The van der Waals surface area contributed by atoms with Crippen molar-refractivity contribution in [3.05, 3.63) is 95.6 Å². The van der Waals surface area contributed by atoms with Crippen LogP contribution < -0.4 is 10.2 Å². The molecule has 0 saturated carbocycles. The molecule has 1 N–H and O–H groups in total. The number of hydrogen-bond donors (Lipinski definition) is 1. The number of anilines is 2. The Morgan fingerprint density at radius 2 is 1.62 bits per heavy atom. The Bertz CT molecular complexity index is 1010. The zero-order valence-electron chi connectivity index (χ0n) is 15.9. The first kappa shape index (κ1) is 20.2. The van der Waals surface area contributed by atoms with Gasteiger partial charge in [0, 0.05) is 24.0 Å². The van der Waals surface area contributed by atoms with Crippen LogP contribution in [-0.2, 0) is 11.2 Å². The summed E-state index contributed by atoms with van der Waals surface area (Å²) in [5, 5.41) is 2.56. The topological polar surface area (TPSA) is 49.4 Å². The van der Waals surface area contributed by atoms with E-state index in [4.69, 9.17) is 0 Å². The highest BCUT2D eigenvalue weighted by Gasteiger charge is 2.15. The van der Waals surface area contributed by atoms with Crippen LogP contribution in [0, 0.1) is 11.6 Å². The summed E-state index contributed by atoms with van der Waals surface area (Å²) in [4.78, 5) is 26.5. The van der Waals surface area contributed by atoms with E-state index in [1.54, 1.807) is 29.2 Å². The van der Waals surface area contributed by atoms with Gasteiger partial charge in [0.15, 0.2) is 0 Å². The van der Waals surface area contributed by atoms with E-state index in [0.717, 1.165) is 23.4 Å². The van der Waals surface area contributed by atoms with E-state index in [9.17, 15) is 18.4 Å². The van der Waals surface area contributed by atoms with E-state index in [1.807, 2.05) is 37.3 Å². The van der Waals surface area contributed by atoms with Gasteiger partial charge in [0.05, 0.1) is 12.0 Å². The Morgan fingerprint density at radius 1 is 0.931 bits per heavy atom. The first-order valence-electron chi connectivity index (χ1n) is 9.18. The fraction of sp³-hybridized carbons (Fsp3) is 0.130. The quantitative estimate of drug-likeness (QED) is 0.652. The van der Waals surface area contributed by atoms with Crippen molar-refractivity contribution in [1.29, 1.82) is 0 Å². The fourth-order valence-corrected chi connectivity index (χ4v) is 2.96. The Labute approximate surface area is 167 Å². The first-order valence-corrected chi connectivity index (χ1v) is 9.18. The summed E-state index contributed by atoms with van der Waals surface area (Å²) in [5.74, 6) is -2.38. The molecular formula is C23H20F2N2O2. The van der Waals surface area contributed by atoms with Crippen LogP contribution in [-0.4, -0.2) is 18.4 Å². The molecule has 0 aliphatic rings. The number of nitrogens with zero attached hydrogens (tertiary/aromatic N) is 1. The standard InChI is InChI=1S/C23H20F2N2O2/c1-2-27(19-6-4-3-5-7-19)22(28)14-16-8-11-18(12-9-16)26-23(29)20-13-10-17(24)15-21(20)25/h3-13,15H,2,14H2,1H3,(H,26,29). The predicted molar refractivity (Wildman–Crippen MR) is 109 cm³/mol. The van der Waals surface area contributed by atoms with Crippen LogP contribution in [0.4, 0.5) is 20.2 Å². The van der Waals surface area contributed by atoms with Gasteiger partial charge in [-0.2, -0.15) is 0 Å². The van der Waals surface area contributed by atoms with Gasteiger partial charge in [-0.05, 0) is 48.9 Å². The van der Waals surface area contributed by atoms with E-state index in [0.29, 0.717) is 18.3 Å². The summed E-state index contributed by atoms with van der Waals surface area (Å²) in [6, 6.07) is 18.9. The lowest BCUT2D eigenvalue weighted by atomic mass is 10.1. The van der Waals surface area contributed by atoms with Gasteiger partial charge in [-0.1, -0.05) is 30.3 Å². The molecule has 0 aliphatic heterocycles. The van der Waals surface area contributed by atoms with Crippen molar-refractivity contribution < 1.29 is 18.4 Å². The van der Waals surface area contributed by atoms with Gasteiger partial charge in [-0.25, -0.2) is 8.78 Å². The van der Waals surface area contributed by atoms with Crippen LogP contribution in [0.1, 0.15) is 22.8 Å². The van der Waals surface area contributed by atoms with Gasteiger partial charge in [0.2, 0.25) is 5.91 Å². The second-order valence-corrected chi connectivity index (χ2v) is 6.43. The minimum absolute atomic E-state index is 0.0381. The van der Waals surface area contributed by atoms with Gasteiger partial charge in [0.25, 0.3) is 5.91 Å². The van der Waals surface area contributed by atoms with Crippen LogP contribution in [0.3, 0.4) is 0 Å². The third kappa shape index (κ3) is 5.04. The third-order valence-corrected chi connectivity index (χ3v) is 4.43. The second kappa shape index (κ2) is 9.10. The lowest BCUT2D eigenvalue weighted by Crippen LogP contribution is -2.31. The fourth-order valence-electron chi connectivity index (χ4n) is 2.96. The van der Waals surface area contributed by atoms with Crippen LogP contribution in [0.25, 0.3) is 0 Å². The SMILES string of the molecule is CCN(C(=O)Cc1ccc(NC(=O)c2ccc(F)cc2F)cc1)c1ccccc1. The summed E-state index contributed by atoms with van der Waals surface area (Å²) in [6.45, 7) is 2.47. The molecule has 0 heterocycles. The van der Waals surface area contributed by atoms with E-state index in [2.05, 4.69) is 5.32 Å². The molecule has 29 heavy (non-hydrogen) atoms. The highest BCUT2D eigenvalue weighted by Crippen LogP contribution is 2.17. The summed E-state index contributed by atoms with van der Waals surface area (Å²) in [6.07, 6.45) is 0.212. The summed E-state index contributed by atoms with van der Waals surface area (Å²) in [5.41, 5.74) is 1.83. The number of benzene rings is 3. The van der Waals surface area contributed by atoms with E-state index >= 15 is 0 Å². The smallest absolute Gasteiger partial charge is 0.258 e. The number of carbonyl (C=O) groups excluding carboxylic acids is 2. The molecule has 4 nitrogen and oxygen atoms in total. The predicted octanol–water partition coefficient (Wildman–Crippen LogP) is 4.81. The van der Waals surface area contributed by atoms with Gasteiger partial charge in [-0.15, -0.1) is 0 Å². The molecule has 0 fully saturated rings. The zero-order valence-corrected chi connectivity index (χ0v) is 15.9. The average Bonchev–Trinajstić information content (AvgIpc) is 2.71. The van der Waals surface area contributed by atoms with Crippen LogP contribution in [0.2, 0.25) is 0 Å². The number of hydrogen-bond acceptors (Lipinski definition) is 2. The number of halogens is 2. The molecule has 0 atom stereocenters. The zero-order chi connectivity index (χ0) is 20.8. The first-order chi connectivity index (χ1) is 14.0. The van der Waals surface area contributed by atoms with E-state index in [1.165, 1.54) is 0 Å². The van der Waals surface area contributed by atoms with Crippen molar-refractivity contribution in [2.24, 2.45) is 0 Å². The maximum Gasteiger partial charge on any atom is 0.258 e. The van der Waals surface area contributed by atoms with Crippen molar-refractivity contribution in [3.63, 3.8) is 0 Å². The van der Waals surface area contributed by atoms with Gasteiger partial charge >= 0.3 is 0 Å². The Hall–Kier alpha value is -3.54. The molecule has 0 aromatic heterocycles. The van der Waals surface area contributed by atoms with Crippen LogP contribution >= 0.6 is 0 Å². The highest BCUT2D eigenvalue weighted by atomic mass is 19.1. The maximum atomic E-state index is 13.7. The van der Waals surface area contributed by atoms with Crippen molar-refractivity contribution >= 4 is 23.2 Å². The minimum atomic E-state index is -0.926. The molecule has 0 radical (unpaired) electrons. The Morgan fingerprint density at radius 3 is 2.24 bits per heavy atom. The number of rotatable bonds is 6. The monoisotopic (exact) mass is 394 g/mol. The molecular weight excluding hydrogens is 374 g/mol. The number of amides is 2. The normalized spacial score (nSPS) is 10.4. The van der Waals surface area contributed by atoms with Gasteiger partial charge < -0.3 is 10.2 Å². The number of carbonyl (C=O) groups is 2. The number of nitrogens with one attached hydrogen (secondary N) is 1. The molecule has 3 aromatic rings. The maximum absolute atomic E-state index is 13.7. The minimum Gasteiger partial charge on any atom is -0.322 e. The van der Waals surface area contributed by atoms with Crippen LogP contribution in [0.5, 0.6) is 0 Å². The van der Waals surface area contributed by atoms with Crippen LogP contribution in [0.15, 0.2) is 72.8 Å². The van der Waals surface area contributed by atoms with Crippen molar-refractivity contribution in [1.82, 2.24) is 0 Å². The average molecular weight is 394 g/mol. The lowest BCUT2D eigenvalue weighted by Gasteiger charge is -2.21. The van der Waals surface area contributed by atoms with E-state index in [-0.39, 0.29) is 17.9 Å². The third-order valence-electron chi connectivity index (χ3n) is 4.43. The molecule has 6 heteroatoms. The van der Waals surface area contributed by atoms with Crippen molar-refractivity contribution in [2.45, 2.75) is 13.3 Å². The largest absolute Gasteiger partial charge is 0.322 e. The molecule has 0 unspecified atom stereocenters. The molecule has 3 rings (SSSR count). The number of likely N-dealkylation sites (N-methyl/N-ethyl adjacent to an activating group) is 1. The molecule has 148 valence electrons. The molecule has 0 saturated heterocycles. The van der Waals surface area contributed by atoms with E-state index < -0.39 is 17.5 Å². The molecule has 0 spiro atoms. The molecule has 3 aromatic carbocycles. The number of para-hydroxylation sites is 1. The van der Waals surface area contributed by atoms with Gasteiger partial charge in [0.1, 0.15) is 11.6 Å². The second-order valence-electron chi connectivity index (χ2n) is 6.43. The van der Waals surface area contributed by atoms with Gasteiger partial charge in [-0.3, -0.25) is 9.59 Å². The Balaban J connectivity index is 1.65. The highest BCUT2D eigenvalue weighted by molar-refractivity contribution is 6.04. The summed E-state index contributed by atoms with van der Waals surface area (Å²) in [7, 11) is 0. The summed E-state index contributed by atoms with van der Waals surface area (Å²) >= 11 is 0. The Kier molecular flexibility index (Phi) is 6.34. The molecule has 0 aliphatic carbocycles.